The lowest BCUT2D eigenvalue weighted by molar-refractivity contribution is 0.0899. The first-order valence-corrected chi connectivity index (χ1v) is 12.3. The van der Waals surface area contributed by atoms with Crippen LogP contribution in [0.5, 0.6) is 5.75 Å². The number of carbonyl (C=O) groups excluding carboxylic acids is 1. The number of carbonyl (C=O) groups is 1. The molecule has 8 nitrogen and oxygen atoms in total. The number of nitrogens with one attached hydrogen (secondary N) is 1. The van der Waals surface area contributed by atoms with Crippen molar-refractivity contribution < 1.29 is 14.3 Å². The van der Waals surface area contributed by atoms with E-state index in [0.29, 0.717) is 29.4 Å². The van der Waals surface area contributed by atoms with E-state index in [1.54, 1.807) is 29.1 Å². The molecular formula is C26H28N4O4. The summed E-state index contributed by atoms with van der Waals surface area (Å²) in [5, 5.41) is 2.82. The van der Waals surface area contributed by atoms with Gasteiger partial charge in [-0.1, -0.05) is 0 Å². The largest absolute Gasteiger partial charge is 0.490 e. The smallest absolute Gasteiger partial charge is 0.274 e. The number of rotatable bonds is 6. The van der Waals surface area contributed by atoms with Crippen LogP contribution < -0.4 is 15.6 Å². The van der Waals surface area contributed by atoms with Gasteiger partial charge in [0.1, 0.15) is 17.1 Å². The molecular weight excluding hydrogens is 432 g/mol. The minimum atomic E-state index is -0.368. The van der Waals surface area contributed by atoms with Crippen molar-refractivity contribution in [1.29, 1.82) is 0 Å². The molecule has 3 aromatic heterocycles. The minimum Gasteiger partial charge on any atom is -0.490 e. The van der Waals surface area contributed by atoms with E-state index < -0.39 is 0 Å². The zero-order valence-corrected chi connectivity index (χ0v) is 19.4. The Hall–Kier alpha value is -3.13. The third-order valence-corrected chi connectivity index (χ3v) is 7.85. The van der Waals surface area contributed by atoms with Crippen molar-refractivity contribution in [3.8, 4) is 5.75 Å². The Bertz CT molecular complexity index is 1380. The van der Waals surface area contributed by atoms with Crippen molar-refractivity contribution in [3.63, 3.8) is 0 Å². The van der Waals surface area contributed by atoms with Crippen molar-refractivity contribution in [1.82, 2.24) is 14.0 Å². The van der Waals surface area contributed by atoms with E-state index in [1.165, 1.54) is 0 Å². The van der Waals surface area contributed by atoms with Gasteiger partial charge < -0.3 is 23.8 Å². The molecule has 0 radical (unpaired) electrons. The van der Waals surface area contributed by atoms with Crippen molar-refractivity contribution in [3.05, 3.63) is 58.4 Å². The van der Waals surface area contributed by atoms with Crippen LogP contribution in [0.4, 0.5) is 5.69 Å². The van der Waals surface area contributed by atoms with Crippen LogP contribution in [-0.2, 0) is 10.2 Å². The van der Waals surface area contributed by atoms with Gasteiger partial charge in [-0.2, -0.15) is 0 Å². The predicted molar refractivity (Wildman–Crippen MR) is 126 cm³/mol. The Morgan fingerprint density at radius 2 is 2.09 bits per heavy atom. The number of anilines is 1. The second kappa shape index (κ2) is 6.95. The minimum absolute atomic E-state index is 0.0910. The fraction of sp³-hybridized carbons (Fsp3) is 0.500. The molecule has 1 amide bonds. The molecule has 5 fully saturated rings. The van der Waals surface area contributed by atoms with Crippen LogP contribution in [0.15, 0.2) is 41.6 Å². The van der Waals surface area contributed by atoms with Crippen LogP contribution in [0.25, 0.3) is 5.65 Å². The highest BCUT2D eigenvalue weighted by Gasteiger charge is 2.64. The Morgan fingerprint density at radius 3 is 2.82 bits per heavy atom. The van der Waals surface area contributed by atoms with Gasteiger partial charge >= 0.3 is 0 Å². The molecule has 8 rings (SSSR count). The van der Waals surface area contributed by atoms with Gasteiger partial charge in [0, 0.05) is 36.1 Å². The summed E-state index contributed by atoms with van der Waals surface area (Å²) >= 11 is 0. The highest BCUT2D eigenvalue weighted by molar-refractivity contribution is 6.06. The number of imidazole rings is 1. The number of epoxide rings is 1. The predicted octanol–water partition coefficient (Wildman–Crippen LogP) is 3.69. The first-order valence-electron chi connectivity index (χ1n) is 12.3. The molecule has 0 spiro atoms. The molecule has 176 valence electrons. The molecule has 0 aromatic carbocycles. The number of ether oxygens (including phenoxy) is 2. The quantitative estimate of drug-likeness (QED) is 0.567. The van der Waals surface area contributed by atoms with E-state index in [9.17, 15) is 9.59 Å². The molecule has 1 saturated heterocycles. The number of aromatic nitrogens is 3. The summed E-state index contributed by atoms with van der Waals surface area (Å²) in [6.45, 7) is 3.85. The SMILES string of the molecule is CC(C)Oc1cc2nc(C34CC(C3)C3OC3C4)cn2cc1C(=O)Nc1cccn(C2CC2)c1=O. The zero-order valence-electron chi connectivity index (χ0n) is 19.4. The second-order valence-corrected chi connectivity index (χ2v) is 10.7. The molecule has 2 unspecified atom stereocenters. The molecule has 1 N–H and O–H groups in total. The lowest BCUT2D eigenvalue weighted by Crippen LogP contribution is -2.49. The standard InChI is InChI=1S/C26H28N4O4/c1-14(2)33-19-8-22-28-21(26-9-15(10-26)23-20(11-26)34-23)13-29(22)12-17(19)24(31)27-18-4-3-7-30(25(18)32)16-5-6-16/h3-4,7-8,12-16,20,23H,5-6,9-11H2,1-2H3,(H,27,31). The van der Waals surface area contributed by atoms with Crippen molar-refractivity contribution in [2.45, 2.75) is 75.7 Å². The number of hydrogen-bond acceptors (Lipinski definition) is 5. The van der Waals surface area contributed by atoms with Gasteiger partial charge in [0.15, 0.2) is 0 Å². The van der Waals surface area contributed by atoms with E-state index >= 15 is 0 Å². The van der Waals surface area contributed by atoms with Gasteiger partial charge in [0.2, 0.25) is 0 Å². The van der Waals surface area contributed by atoms with Gasteiger partial charge in [-0.25, -0.2) is 4.98 Å². The summed E-state index contributed by atoms with van der Waals surface area (Å²) < 4.78 is 15.4. The molecule has 3 aromatic rings. The van der Waals surface area contributed by atoms with Crippen LogP contribution in [0.1, 0.15) is 68.0 Å². The lowest BCUT2D eigenvalue weighted by Gasteiger charge is -2.49. The number of nitrogens with zero attached hydrogens (tertiary/aromatic N) is 3. The summed E-state index contributed by atoms with van der Waals surface area (Å²) in [4.78, 5) is 31.1. The summed E-state index contributed by atoms with van der Waals surface area (Å²) in [5.74, 6) is 0.760. The van der Waals surface area contributed by atoms with E-state index in [4.69, 9.17) is 14.5 Å². The Balaban J connectivity index is 1.24. The van der Waals surface area contributed by atoms with Crippen LogP contribution in [0.3, 0.4) is 0 Å². The molecule has 2 bridgehead atoms. The lowest BCUT2D eigenvalue weighted by atomic mass is 9.53. The van der Waals surface area contributed by atoms with Crippen LogP contribution >= 0.6 is 0 Å². The molecule has 1 aliphatic heterocycles. The summed E-state index contributed by atoms with van der Waals surface area (Å²) in [7, 11) is 0. The maximum absolute atomic E-state index is 13.3. The maximum atomic E-state index is 13.3. The van der Waals surface area contributed by atoms with Gasteiger partial charge in [-0.3, -0.25) is 9.59 Å². The van der Waals surface area contributed by atoms with Crippen molar-refractivity contribution >= 4 is 17.2 Å². The fourth-order valence-corrected chi connectivity index (χ4v) is 6.01. The van der Waals surface area contributed by atoms with E-state index in [-0.39, 0.29) is 34.7 Å². The van der Waals surface area contributed by atoms with Crippen LogP contribution in [-0.4, -0.2) is 38.2 Å². The molecule has 4 saturated carbocycles. The molecule has 2 atom stereocenters. The van der Waals surface area contributed by atoms with Gasteiger partial charge in [0.25, 0.3) is 11.5 Å². The van der Waals surface area contributed by atoms with E-state index in [1.807, 2.05) is 30.5 Å². The first kappa shape index (κ1) is 20.3. The summed E-state index contributed by atoms with van der Waals surface area (Å²) in [6.07, 6.45) is 11.6. The Labute approximate surface area is 196 Å². The Morgan fingerprint density at radius 1 is 1.26 bits per heavy atom. The number of hydrogen-bond donors (Lipinski definition) is 1. The monoisotopic (exact) mass is 460 g/mol. The van der Waals surface area contributed by atoms with E-state index in [0.717, 1.165) is 43.4 Å². The summed E-state index contributed by atoms with van der Waals surface area (Å²) in [6, 6.07) is 5.53. The fourth-order valence-electron chi connectivity index (χ4n) is 6.01. The molecule has 34 heavy (non-hydrogen) atoms. The average molecular weight is 461 g/mol. The molecule has 4 aliphatic carbocycles. The third-order valence-electron chi connectivity index (χ3n) is 7.85. The molecule has 4 heterocycles. The zero-order chi connectivity index (χ0) is 23.2. The molecule has 8 heteroatoms. The second-order valence-electron chi connectivity index (χ2n) is 10.7. The van der Waals surface area contributed by atoms with Gasteiger partial charge in [-0.15, -0.1) is 0 Å². The number of fused-ring (bicyclic) bond motifs is 1. The molecule has 5 aliphatic rings. The average Bonchev–Trinajstić information content (AvgIpc) is 3.69. The Kier molecular flexibility index (Phi) is 4.14. The number of pyridine rings is 2. The van der Waals surface area contributed by atoms with Gasteiger partial charge in [0.05, 0.1) is 29.6 Å². The highest BCUT2D eigenvalue weighted by Crippen LogP contribution is 2.63. The van der Waals surface area contributed by atoms with Crippen LogP contribution in [0, 0.1) is 5.92 Å². The summed E-state index contributed by atoms with van der Waals surface area (Å²) in [5.41, 5.74) is 2.41. The highest BCUT2D eigenvalue weighted by atomic mass is 16.6. The third kappa shape index (κ3) is 3.11. The van der Waals surface area contributed by atoms with Gasteiger partial charge in [-0.05, 0) is 64.0 Å². The normalized spacial score (nSPS) is 29.0. The van der Waals surface area contributed by atoms with Crippen molar-refractivity contribution in [2.75, 3.05) is 5.32 Å². The topological polar surface area (TPSA) is 90.2 Å². The number of amides is 1. The van der Waals surface area contributed by atoms with E-state index in [2.05, 4.69) is 5.32 Å². The van der Waals surface area contributed by atoms with Crippen LogP contribution in [0.2, 0.25) is 0 Å². The van der Waals surface area contributed by atoms with Crippen molar-refractivity contribution in [2.24, 2.45) is 5.92 Å². The first-order chi connectivity index (χ1) is 16.4. The maximum Gasteiger partial charge on any atom is 0.274 e.